The van der Waals surface area contributed by atoms with Gasteiger partial charge in [-0.2, -0.15) is 0 Å². The Hall–Kier alpha value is -3.31. The van der Waals surface area contributed by atoms with Gasteiger partial charge in [-0.05, 0) is 66.3 Å². The molecule has 0 bridgehead atoms. The second kappa shape index (κ2) is 11.4. The molecule has 0 atom stereocenters. The minimum absolute atomic E-state index is 0.119. The minimum atomic E-state index is -0.438. The summed E-state index contributed by atoms with van der Waals surface area (Å²) >= 11 is 6.08. The van der Waals surface area contributed by atoms with E-state index in [0.717, 1.165) is 52.1 Å². The Bertz CT molecular complexity index is 1440. The van der Waals surface area contributed by atoms with Gasteiger partial charge in [0.15, 0.2) is 23.1 Å². The molecule has 2 aromatic rings. The van der Waals surface area contributed by atoms with E-state index in [1.54, 1.807) is 0 Å². The topological polar surface area (TPSA) is 55.8 Å². The van der Waals surface area contributed by atoms with Crippen LogP contribution in [0.25, 0.3) is 0 Å². The van der Waals surface area contributed by atoms with E-state index in [9.17, 15) is 9.59 Å². The number of halogens is 1. The van der Waals surface area contributed by atoms with Crippen molar-refractivity contribution in [3.05, 3.63) is 93.3 Å². The number of nitrogens with zero attached hydrogens (tertiary/aromatic N) is 1. The van der Waals surface area contributed by atoms with Crippen LogP contribution in [0, 0.1) is 10.8 Å². The van der Waals surface area contributed by atoms with E-state index >= 15 is 0 Å². The Balaban J connectivity index is 1.68. The summed E-state index contributed by atoms with van der Waals surface area (Å²) in [5.74, 6) is 1.06. The van der Waals surface area contributed by atoms with Crippen LogP contribution in [0.3, 0.4) is 0 Å². The fourth-order valence-corrected chi connectivity index (χ4v) is 6.94. The molecule has 222 valence electrons. The average Bonchev–Trinajstić information content (AvgIpc) is 2.89. The van der Waals surface area contributed by atoms with Gasteiger partial charge >= 0.3 is 0 Å². The van der Waals surface area contributed by atoms with Gasteiger partial charge in [-0.25, -0.2) is 0 Å². The van der Waals surface area contributed by atoms with Gasteiger partial charge in [-0.1, -0.05) is 63.6 Å². The van der Waals surface area contributed by atoms with Crippen molar-refractivity contribution >= 4 is 23.2 Å². The van der Waals surface area contributed by atoms with Gasteiger partial charge in [-0.3, -0.25) is 9.59 Å². The number of ether oxygens (including phenoxy) is 2. The van der Waals surface area contributed by atoms with Crippen LogP contribution in [-0.2, 0) is 22.6 Å². The lowest BCUT2D eigenvalue weighted by atomic mass is 9.63. The molecule has 0 aromatic heterocycles. The highest BCUT2D eigenvalue weighted by atomic mass is 35.5. The Morgan fingerprint density at radius 1 is 0.929 bits per heavy atom. The van der Waals surface area contributed by atoms with Crippen LogP contribution in [0.5, 0.6) is 11.5 Å². The molecule has 42 heavy (non-hydrogen) atoms. The minimum Gasteiger partial charge on any atom is -0.490 e. The molecule has 0 saturated heterocycles. The van der Waals surface area contributed by atoms with E-state index in [4.69, 9.17) is 21.1 Å². The molecule has 0 saturated carbocycles. The first kappa shape index (κ1) is 30.2. The summed E-state index contributed by atoms with van der Waals surface area (Å²) in [6, 6.07) is 11.7. The first-order chi connectivity index (χ1) is 19.8. The summed E-state index contributed by atoms with van der Waals surface area (Å²) in [4.78, 5) is 30.1. The molecule has 5 rings (SSSR count). The molecule has 0 amide bonds. The Kier molecular flexibility index (Phi) is 8.19. The van der Waals surface area contributed by atoms with Crippen molar-refractivity contribution < 1.29 is 19.1 Å². The Morgan fingerprint density at radius 3 is 2.02 bits per heavy atom. The average molecular weight is 588 g/mol. The molecule has 5 nitrogen and oxygen atoms in total. The zero-order valence-corrected chi connectivity index (χ0v) is 26.5. The van der Waals surface area contributed by atoms with E-state index in [1.807, 2.05) is 50.4 Å². The Morgan fingerprint density at radius 2 is 1.50 bits per heavy atom. The summed E-state index contributed by atoms with van der Waals surface area (Å²) in [5.41, 5.74) is 6.08. The van der Waals surface area contributed by atoms with Crippen LogP contribution in [0.1, 0.15) is 82.9 Å². The van der Waals surface area contributed by atoms with Crippen LogP contribution in [-0.4, -0.2) is 30.1 Å². The molecule has 0 unspecified atom stereocenters. The number of ketones is 2. The molecule has 2 aromatic carbocycles. The van der Waals surface area contributed by atoms with Gasteiger partial charge in [0.25, 0.3) is 0 Å². The van der Waals surface area contributed by atoms with Crippen molar-refractivity contribution in [1.82, 2.24) is 4.90 Å². The number of Topliss-reactive ketones (excluding diaryl/α,β-unsaturated/α-hetero) is 2. The standard InChI is InChI=1S/C36H42ClNO4/c1-8-10-23-15-24(16-30(41-9-2)34(23)42-21-22-11-13-25(37)14-12-22)31-32-26(17-35(3,4)19-28(32)39)38(7)27-18-36(5,6)20-29(40)33(27)31/h8,11-16,31H,1,9-10,17-21H2,2-7H3. The first-order valence-corrected chi connectivity index (χ1v) is 15.3. The molecule has 0 spiro atoms. The summed E-state index contributed by atoms with van der Waals surface area (Å²) in [5, 5.41) is 0.673. The third-order valence-corrected chi connectivity index (χ3v) is 8.88. The van der Waals surface area contributed by atoms with Crippen LogP contribution in [0.4, 0.5) is 0 Å². The van der Waals surface area contributed by atoms with Gasteiger partial charge in [0.1, 0.15) is 6.61 Å². The summed E-state index contributed by atoms with van der Waals surface area (Å²) in [7, 11) is 2.03. The number of rotatable bonds is 8. The van der Waals surface area contributed by atoms with Gasteiger partial charge in [-0.15, -0.1) is 6.58 Å². The molecule has 0 N–H and O–H groups in total. The lowest BCUT2D eigenvalue weighted by Gasteiger charge is -2.48. The number of hydrogen-bond acceptors (Lipinski definition) is 5. The highest BCUT2D eigenvalue weighted by Gasteiger charge is 2.48. The molecule has 0 fully saturated rings. The maximum atomic E-state index is 14.0. The summed E-state index contributed by atoms with van der Waals surface area (Å²) in [6.07, 6.45) is 4.88. The van der Waals surface area contributed by atoms with Crippen molar-refractivity contribution in [2.24, 2.45) is 10.8 Å². The van der Waals surface area contributed by atoms with E-state index < -0.39 is 5.92 Å². The number of allylic oxidation sites excluding steroid dienone is 5. The van der Waals surface area contributed by atoms with Crippen LogP contribution in [0.15, 0.2) is 71.6 Å². The van der Waals surface area contributed by atoms with E-state index in [0.29, 0.717) is 49.0 Å². The van der Waals surface area contributed by atoms with Crippen molar-refractivity contribution in [3.63, 3.8) is 0 Å². The normalized spacial score (nSPS) is 19.9. The highest BCUT2D eigenvalue weighted by Crippen LogP contribution is 2.54. The fraction of sp³-hybridized carbons (Fsp3) is 0.444. The predicted octanol–water partition coefficient (Wildman–Crippen LogP) is 8.36. The van der Waals surface area contributed by atoms with Crippen molar-refractivity contribution in [2.45, 2.75) is 79.2 Å². The largest absolute Gasteiger partial charge is 0.490 e. The monoisotopic (exact) mass is 587 g/mol. The molecular weight excluding hydrogens is 546 g/mol. The summed E-state index contributed by atoms with van der Waals surface area (Å²) < 4.78 is 12.6. The number of hydrogen-bond donors (Lipinski definition) is 0. The van der Waals surface area contributed by atoms with Crippen molar-refractivity contribution in [1.29, 1.82) is 0 Å². The van der Waals surface area contributed by atoms with Gasteiger partial charge < -0.3 is 14.4 Å². The smallest absolute Gasteiger partial charge is 0.165 e. The maximum absolute atomic E-state index is 14.0. The number of carbonyl (C=O) groups is 2. The second-order valence-corrected chi connectivity index (χ2v) is 13.9. The quantitative estimate of drug-likeness (QED) is 0.290. The molecule has 2 aliphatic carbocycles. The van der Waals surface area contributed by atoms with Crippen LogP contribution in [0.2, 0.25) is 5.02 Å². The van der Waals surface area contributed by atoms with Crippen molar-refractivity contribution in [2.75, 3.05) is 13.7 Å². The van der Waals surface area contributed by atoms with Crippen molar-refractivity contribution in [3.8, 4) is 11.5 Å². The van der Waals surface area contributed by atoms with E-state index in [2.05, 4.69) is 45.2 Å². The lowest BCUT2D eigenvalue weighted by molar-refractivity contribution is -0.119. The third kappa shape index (κ3) is 5.81. The van der Waals surface area contributed by atoms with Crippen LogP contribution < -0.4 is 9.47 Å². The summed E-state index contributed by atoms with van der Waals surface area (Å²) in [6.45, 7) is 15.3. The molecule has 1 aliphatic heterocycles. The number of benzene rings is 2. The van der Waals surface area contributed by atoms with Gasteiger partial charge in [0.2, 0.25) is 0 Å². The zero-order valence-electron chi connectivity index (χ0n) is 25.7. The highest BCUT2D eigenvalue weighted by molar-refractivity contribution is 6.30. The SMILES string of the molecule is C=CCc1cc(C2C3=C(CC(C)(C)CC3=O)N(C)C3=C2C(=O)CC(C)(C)C3)cc(OCC)c1OCc1ccc(Cl)cc1. The van der Waals surface area contributed by atoms with E-state index in [-0.39, 0.29) is 22.4 Å². The fourth-order valence-electron chi connectivity index (χ4n) is 6.82. The second-order valence-electron chi connectivity index (χ2n) is 13.4. The molecular formula is C36H42ClNO4. The third-order valence-electron chi connectivity index (χ3n) is 8.63. The lowest BCUT2D eigenvalue weighted by Crippen LogP contribution is -2.43. The maximum Gasteiger partial charge on any atom is 0.165 e. The number of carbonyl (C=O) groups excluding carboxylic acids is 2. The van der Waals surface area contributed by atoms with E-state index in [1.165, 1.54) is 0 Å². The predicted molar refractivity (Wildman–Crippen MR) is 168 cm³/mol. The molecule has 6 heteroatoms. The molecule has 0 radical (unpaired) electrons. The molecule has 1 heterocycles. The van der Waals surface area contributed by atoms with Gasteiger partial charge in [0.05, 0.1) is 6.61 Å². The van der Waals surface area contributed by atoms with Gasteiger partial charge in [0, 0.05) is 58.9 Å². The Labute approximate surface area is 255 Å². The molecule has 3 aliphatic rings. The van der Waals surface area contributed by atoms with Crippen LogP contribution >= 0.6 is 11.6 Å². The zero-order chi connectivity index (χ0) is 30.4. The first-order valence-electron chi connectivity index (χ1n) is 14.9.